The Bertz CT molecular complexity index is 770. The minimum absolute atomic E-state index is 0.122. The third kappa shape index (κ3) is 6.37. The van der Waals surface area contributed by atoms with Crippen molar-refractivity contribution in [2.75, 3.05) is 12.3 Å². The van der Waals surface area contributed by atoms with E-state index in [1.165, 1.54) is 17.8 Å². The summed E-state index contributed by atoms with van der Waals surface area (Å²) in [5, 5.41) is 2.82. The first-order valence-electron chi connectivity index (χ1n) is 9.49. The Morgan fingerprint density at radius 3 is 2.39 bits per heavy atom. The molecule has 0 saturated carbocycles. The van der Waals surface area contributed by atoms with Gasteiger partial charge in [-0.05, 0) is 30.5 Å². The summed E-state index contributed by atoms with van der Waals surface area (Å²) in [5.74, 6) is 0.0705. The quantitative estimate of drug-likeness (QED) is 0.653. The molecule has 0 aliphatic heterocycles. The van der Waals surface area contributed by atoms with Gasteiger partial charge in [-0.3, -0.25) is 9.59 Å². The van der Waals surface area contributed by atoms with Crippen LogP contribution in [-0.2, 0) is 21.9 Å². The number of carbonyl (C=O) groups is 2. The number of carbonyl (C=O) groups excluding carboxylic acids is 2. The summed E-state index contributed by atoms with van der Waals surface area (Å²) in [4.78, 5) is 27.1. The van der Waals surface area contributed by atoms with Crippen LogP contribution in [0.4, 0.5) is 4.39 Å². The number of thioether (sulfide) groups is 1. The van der Waals surface area contributed by atoms with E-state index >= 15 is 0 Å². The number of likely N-dealkylation sites (N-methyl/N-ethyl adjacent to an activating group) is 1. The Hall–Kier alpha value is -2.34. The zero-order valence-corrected chi connectivity index (χ0v) is 17.2. The van der Waals surface area contributed by atoms with Crippen LogP contribution in [0.1, 0.15) is 31.4 Å². The molecule has 0 spiro atoms. The molecule has 28 heavy (non-hydrogen) atoms. The van der Waals surface area contributed by atoms with Crippen molar-refractivity contribution in [2.45, 2.75) is 38.6 Å². The zero-order chi connectivity index (χ0) is 20.4. The van der Waals surface area contributed by atoms with Crippen LogP contribution in [0.5, 0.6) is 0 Å². The molecule has 0 bridgehead atoms. The molecule has 1 N–H and O–H groups in total. The Morgan fingerprint density at radius 1 is 1.07 bits per heavy atom. The summed E-state index contributed by atoms with van der Waals surface area (Å²) in [6, 6.07) is 15.7. The third-order valence-electron chi connectivity index (χ3n) is 4.37. The number of halogens is 1. The topological polar surface area (TPSA) is 49.4 Å². The van der Waals surface area contributed by atoms with Crippen molar-refractivity contribution in [1.29, 1.82) is 0 Å². The second kappa shape index (κ2) is 11.5. The zero-order valence-electron chi connectivity index (χ0n) is 16.4. The fraction of sp³-hybridized carbons (Fsp3) is 0.364. The van der Waals surface area contributed by atoms with Crippen LogP contribution < -0.4 is 5.32 Å². The van der Waals surface area contributed by atoms with E-state index in [1.807, 2.05) is 44.2 Å². The molecule has 2 aromatic carbocycles. The lowest BCUT2D eigenvalue weighted by Gasteiger charge is -2.30. The van der Waals surface area contributed by atoms with Gasteiger partial charge in [0.15, 0.2) is 0 Å². The number of benzene rings is 2. The molecule has 150 valence electrons. The molecular weight excluding hydrogens is 375 g/mol. The van der Waals surface area contributed by atoms with Gasteiger partial charge in [0.05, 0.1) is 5.75 Å². The van der Waals surface area contributed by atoms with E-state index in [0.717, 1.165) is 5.56 Å². The standard InChI is InChI=1S/C22H27FN2O2S/c1-3-20(22(27)24-4-2)25(14-17-10-6-5-7-11-17)21(26)16-28-15-18-12-8-9-13-19(18)23/h5-13,20H,3-4,14-16H2,1-2H3,(H,24,27)/t20-/m0/s1. The van der Waals surface area contributed by atoms with Crippen molar-refractivity contribution in [2.24, 2.45) is 0 Å². The van der Waals surface area contributed by atoms with Gasteiger partial charge in [-0.2, -0.15) is 0 Å². The van der Waals surface area contributed by atoms with Gasteiger partial charge in [0.1, 0.15) is 11.9 Å². The molecule has 2 aromatic rings. The van der Waals surface area contributed by atoms with E-state index in [4.69, 9.17) is 0 Å². The van der Waals surface area contributed by atoms with Gasteiger partial charge >= 0.3 is 0 Å². The lowest BCUT2D eigenvalue weighted by atomic mass is 10.1. The molecule has 1 atom stereocenters. The molecule has 2 rings (SSSR count). The van der Waals surface area contributed by atoms with E-state index in [2.05, 4.69) is 5.32 Å². The fourth-order valence-corrected chi connectivity index (χ4v) is 3.83. The van der Waals surface area contributed by atoms with E-state index in [9.17, 15) is 14.0 Å². The Kier molecular flexibility index (Phi) is 9.01. The molecular formula is C22H27FN2O2S. The fourth-order valence-electron chi connectivity index (χ4n) is 2.94. The monoisotopic (exact) mass is 402 g/mol. The van der Waals surface area contributed by atoms with Gasteiger partial charge in [0.2, 0.25) is 11.8 Å². The molecule has 0 fully saturated rings. The van der Waals surface area contributed by atoms with Crippen molar-refractivity contribution in [3.63, 3.8) is 0 Å². The lowest BCUT2D eigenvalue weighted by Crippen LogP contribution is -2.49. The highest BCUT2D eigenvalue weighted by Crippen LogP contribution is 2.18. The minimum Gasteiger partial charge on any atom is -0.355 e. The molecule has 2 amide bonds. The molecule has 0 aromatic heterocycles. The van der Waals surface area contributed by atoms with Crippen LogP contribution in [-0.4, -0.2) is 35.1 Å². The Morgan fingerprint density at radius 2 is 1.75 bits per heavy atom. The average molecular weight is 403 g/mol. The van der Waals surface area contributed by atoms with Crippen molar-refractivity contribution in [3.05, 3.63) is 71.5 Å². The maximum absolute atomic E-state index is 13.8. The lowest BCUT2D eigenvalue weighted by molar-refractivity contribution is -0.139. The molecule has 6 heteroatoms. The third-order valence-corrected chi connectivity index (χ3v) is 5.34. The summed E-state index contributed by atoms with van der Waals surface area (Å²) >= 11 is 1.36. The summed E-state index contributed by atoms with van der Waals surface area (Å²) in [7, 11) is 0. The number of nitrogens with one attached hydrogen (secondary N) is 1. The average Bonchev–Trinajstić information content (AvgIpc) is 2.70. The first kappa shape index (κ1) is 22.0. The van der Waals surface area contributed by atoms with Crippen LogP contribution in [0.3, 0.4) is 0 Å². The molecule has 0 aliphatic carbocycles. The molecule has 0 unspecified atom stereocenters. The molecule has 4 nitrogen and oxygen atoms in total. The number of amides is 2. The summed E-state index contributed by atoms with van der Waals surface area (Å²) in [6.07, 6.45) is 0.530. The number of hydrogen-bond donors (Lipinski definition) is 1. The van der Waals surface area contributed by atoms with Crippen LogP contribution in [0, 0.1) is 5.82 Å². The predicted octanol–water partition coefficient (Wildman–Crippen LogP) is 4.00. The Balaban J connectivity index is 2.09. The van der Waals surface area contributed by atoms with Crippen LogP contribution in [0.15, 0.2) is 54.6 Å². The van der Waals surface area contributed by atoms with Crippen molar-refractivity contribution < 1.29 is 14.0 Å². The normalized spacial score (nSPS) is 11.7. The van der Waals surface area contributed by atoms with Crippen molar-refractivity contribution >= 4 is 23.6 Å². The summed E-state index contributed by atoms with van der Waals surface area (Å²) in [5.41, 5.74) is 1.54. The number of nitrogens with zero attached hydrogens (tertiary/aromatic N) is 1. The molecule has 0 aliphatic rings. The van der Waals surface area contributed by atoms with Crippen LogP contribution >= 0.6 is 11.8 Å². The van der Waals surface area contributed by atoms with Gasteiger partial charge in [-0.1, -0.05) is 55.5 Å². The molecule has 0 radical (unpaired) electrons. The molecule has 0 saturated heterocycles. The SMILES string of the molecule is CCNC(=O)[C@H](CC)N(Cc1ccccc1)C(=O)CSCc1ccccc1F. The van der Waals surface area contributed by atoms with Crippen molar-refractivity contribution in [3.8, 4) is 0 Å². The van der Waals surface area contributed by atoms with E-state index in [1.54, 1.807) is 23.1 Å². The smallest absolute Gasteiger partial charge is 0.242 e. The van der Waals surface area contributed by atoms with Gasteiger partial charge in [-0.15, -0.1) is 11.8 Å². The highest BCUT2D eigenvalue weighted by atomic mass is 32.2. The maximum atomic E-state index is 13.8. The first-order chi connectivity index (χ1) is 13.6. The van der Waals surface area contributed by atoms with E-state index < -0.39 is 6.04 Å². The van der Waals surface area contributed by atoms with Crippen molar-refractivity contribution in [1.82, 2.24) is 10.2 Å². The van der Waals surface area contributed by atoms with Gasteiger partial charge in [0.25, 0.3) is 0 Å². The van der Waals surface area contributed by atoms with E-state index in [0.29, 0.717) is 30.8 Å². The minimum atomic E-state index is -0.526. The first-order valence-corrected chi connectivity index (χ1v) is 10.6. The summed E-state index contributed by atoms with van der Waals surface area (Å²) < 4.78 is 13.8. The number of rotatable bonds is 10. The molecule has 0 heterocycles. The van der Waals surface area contributed by atoms with E-state index in [-0.39, 0.29) is 23.4 Å². The summed E-state index contributed by atoms with van der Waals surface area (Å²) in [6.45, 7) is 4.65. The largest absolute Gasteiger partial charge is 0.355 e. The van der Waals surface area contributed by atoms with Crippen LogP contribution in [0.2, 0.25) is 0 Å². The second-order valence-corrected chi connectivity index (χ2v) is 7.40. The Labute approximate surface area is 170 Å². The second-order valence-electron chi connectivity index (χ2n) is 6.41. The van der Waals surface area contributed by atoms with Gasteiger partial charge in [-0.25, -0.2) is 4.39 Å². The predicted molar refractivity (Wildman–Crippen MR) is 112 cm³/mol. The maximum Gasteiger partial charge on any atom is 0.242 e. The van der Waals surface area contributed by atoms with Gasteiger partial charge < -0.3 is 10.2 Å². The number of hydrogen-bond acceptors (Lipinski definition) is 3. The highest BCUT2D eigenvalue weighted by molar-refractivity contribution is 7.99. The van der Waals surface area contributed by atoms with Gasteiger partial charge in [0, 0.05) is 18.8 Å². The van der Waals surface area contributed by atoms with Crippen LogP contribution in [0.25, 0.3) is 0 Å². The highest BCUT2D eigenvalue weighted by Gasteiger charge is 2.28.